The first-order chi connectivity index (χ1) is 14.3. The van der Waals surface area contributed by atoms with E-state index in [1.807, 2.05) is 61.2 Å². The number of aryl methyl sites for hydroxylation is 1. The first-order valence-corrected chi connectivity index (χ1v) is 10.5. The van der Waals surface area contributed by atoms with Crippen LogP contribution in [0.4, 0.5) is 11.4 Å². The van der Waals surface area contributed by atoms with Gasteiger partial charge in [0.2, 0.25) is 11.8 Å². The second-order valence-electron chi connectivity index (χ2n) is 7.82. The normalized spacial score (nSPS) is 14.2. The third kappa shape index (κ3) is 5.74. The maximum Gasteiger partial charge on any atom is 0.238 e. The highest BCUT2D eigenvalue weighted by atomic mass is 35.5. The van der Waals surface area contributed by atoms with Crippen LogP contribution in [0, 0.1) is 13.8 Å². The zero-order chi connectivity index (χ0) is 21.7. The molecule has 1 fully saturated rings. The molecule has 0 aliphatic carbocycles. The number of hydrogen-bond donors (Lipinski definition) is 1. The summed E-state index contributed by atoms with van der Waals surface area (Å²) in [5, 5.41) is 3.65. The highest BCUT2D eigenvalue weighted by Gasteiger charge is 2.22. The second kappa shape index (κ2) is 9.96. The molecule has 160 valence electrons. The minimum Gasteiger partial charge on any atom is -0.368 e. The van der Waals surface area contributed by atoms with E-state index in [1.54, 1.807) is 11.9 Å². The van der Waals surface area contributed by atoms with Gasteiger partial charge in [0, 0.05) is 42.6 Å². The van der Waals surface area contributed by atoms with E-state index in [-0.39, 0.29) is 24.9 Å². The Bertz CT molecular complexity index is 910. The fourth-order valence-electron chi connectivity index (χ4n) is 3.60. The van der Waals surface area contributed by atoms with Crippen LogP contribution in [0.3, 0.4) is 0 Å². The van der Waals surface area contributed by atoms with Crippen molar-refractivity contribution in [3.05, 3.63) is 58.6 Å². The molecule has 1 aliphatic heterocycles. The van der Waals surface area contributed by atoms with Gasteiger partial charge in [0.05, 0.1) is 13.1 Å². The molecule has 1 heterocycles. The number of nitrogens with zero attached hydrogens (tertiary/aromatic N) is 3. The van der Waals surface area contributed by atoms with Crippen molar-refractivity contribution in [2.45, 2.75) is 13.8 Å². The van der Waals surface area contributed by atoms with Gasteiger partial charge in [-0.2, -0.15) is 0 Å². The molecule has 2 aromatic rings. The standard InChI is InChI=1S/C23H29ClN4O2/c1-17-6-4-9-21(18(17)2)25-22(29)15-26(3)16-23(30)28-12-10-27(11-13-28)20-8-5-7-19(24)14-20/h4-9,14H,10-13,15-16H2,1-3H3,(H,25,29). The lowest BCUT2D eigenvalue weighted by Crippen LogP contribution is -2.51. The number of halogens is 1. The predicted molar refractivity (Wildman–Crippen MR) is 122 cm³/mol. The highest BCUT2D eigenvalue weighted by molar-refractivity contribution is 6.30. The van der Waals surface area contributed by atoms with Crippen molar-refractivity contribution in [1.82, 2.24) is 9.80 Å². The van der Waals surface area contributed by atoms with E-state index in [0.717, 1.165) is 35.6 Å². The molecule has 30 heavy (non-hydrogen) atoms. The zero-order valence-corrected chi connectivity index (χ0v) is 18.6. The van der Waals surface area contributed by atoms with Crippen molar-refractivity contribution >= 4 is 34.8 Å². The Morgan fingerprint density at radius 3 is 2.43 bits per heavy atom. The number of carbonyl (C=O) groups is 2. The molecule has 0 bridgehead atoms. The third-order valence-electron chi connectivity index (χ3n) is 5.50. The molecular weight excluding hydrogens is 400 g/mol. The molecule has 2 aromatic carbocycles. The third-order valence-corrected chi connectivity index (χ3v) is 5.74. The number of likely N-dealkylation sites (N-methyl/N-ethyl adjacent to an activating group) is 1. The summed E-state index contributed by atoms with van der Waals surface area (Å²) in [5.74, 6) is -0.0763. The molecule has 2 amide bonds. The van der Waals surface area contributed by atoms with Gasteiger partial charge in [-0.25, -0.2) is 0 Å². The van der Waals surface area contributed by atoms with Gasteiger partial charge in [0.1, 0.15) is 0 Å². The molecule has 0 unspecified atom stereocenters. The lowest BCUT2D eigenvalue weighted by atomic mass is 10.1. The summed E-state index contributed by atoms with van der Waals surface area (Å²) in [4.78, 5) is 30.9. The minimum atomic E-state index is -0.121. The molecule has 6 nitrogen and oxygen atoms in total. The fourth-order valence-corrected chi connectivity index (χ4v) is 3.78. The molecular formula is C23H29ClN4O2. The van der Waals surface area contributed by atoms with Gasteiger partial charge in [-0.05, 0) is 56.3 Å². The van der Waals surface area contributed by atoms with Crippen LogP contribution in [-0.4, -0.2) is 67.9 Å². The minimum absolute atomic E-state index is 0.0442. The van der Waals surface area contributed by atoms with Crippen LogP contribution < -0.4 is 10.2 Å². The number of anilines is 2. The molecule has 0 radical (unpaired) electrons. The van der Waals surface area contributed by atoms with Crippen molar-refractivity contribution in [2.75, 3.05) is 56.5 Å². The molecule has 1 N–H and O–H groups in total. The largest absolute Gasteiger partial charge is 0.368 e. The first-order valence-electron chi connectivity index (χ1n) is 10.2. The van der Waals surface area contributed by atoms with Crippen LogP contribution >= 0.6 is 11.6 Å². The van der Waals surface area contributed by atoms with Crippen LogP contribution in [0.15, 0.2) is 42.5 Å². The summed E-state index contributed by atoms with van der Waals surface area (Å²) in [5.41, 5.74) is 4.09. The molecule has 0 aromatic heterocycles. The Kier molecular flexibility index (Phi) is 7.34. The summed E-state index contributed by atoms with van der Waals surface area (Å²) in [6.07, 6.45) is 0. The summed E-state index contributed by atoms with van der Waals surface area (Å²) < 4.78 is 0. The van der Waals surface area contributed by atoms with Gasteiger partial charge in [-0.15, -0.1) is 0 Å². The van der Waals surface area contributed by atoms with E-state index in [2.05, 4.69) is 10.2 Å². The number of rotatable bonds is 6. The van der Waals surface area contributed by atoms with Crippen molar-refractivity contribution < 1.29 is 9.59 Å². The first kappa shape index (κ1) is 22.1. The quantitative estimate of drug-likeness (QED) is 0.767. The number of nitrogens with one attached hydrogen (secondary N) is 1. The topological polar surface area (TPSA) is 55.9 Å². The number of piperazine rings is 1. The van der Waals surface area contributed by atoms with Crippen molar-refractivity contribution in [3.8, 4) is 0 Å². The van der Waals surface area contributed by atoms with Gasteiger partial charge in [-0.3, -0.25) is 14.5 Å². The van der Waals surface area contributed by atoms with Crippen LogP contribution in [0.1, 0.15) is 11.1 Å². The van der Waals surface area contributed by atoms with E-state index < -0.39 is 0 Å². The van der Waals surface area contributed by atoms with Crippen LogP contribution in [0.5, 0.6) is 0 Å². The van der Waals surface area contributed by atoms with Gasteiger partial charge in [0.25, 0.3) is 0 Å². The van der Waals surface area contributed by atoms with Crippen LogP contribution in [0.25, 0.3) is 0 Å². The maximum atomic E-state index is 12.7. The average Bonchev–Trinajstić information content (AvgIpc) is 2.71. The molecule has 1 aliphatic rings. The second-order valence-corrected chi connectivity index (χ2v) is 8.25. The number of hydrogen-bond acceptors (Lipinski definition) is 4. The van der Waals surface area contributed by atoms with E-state index in [9.17, 15) is 9.59 Å². The molecule has 0 atom stereocenters. The number of carbonyl (C=O) groups excluding carboxylic acids is 2. The monoisotopic (exact) mass is 428 g/mol. The molecule has 0 saturated carbocycles. The Morgan fingerprint density at radius 2 is 1.73 bits per heavy atom. The van der Waals surface area contributed by atoms with Gasteiger partial charge < -0.3 is 15.1 Å². The Morgan fingerprint density at radius 1 is 1.03 bits per heavy atom. The maximum absolute atomic E-state index is 12.7. The van der Waals surface area contributed by atoms with Gasteiger partial charge in [0.15, 0.2) is 0 Å². The summed E-state index contributed by atoms with van der Waals surface area (Å²) in [6.45, 7) is 7.25. The summed E-state index contributed by atoms with van der Waals surface area (Å²) in [7, 11) is 1.79. The van der Waals surface area contributed by atoms with Gasteiger partial charge >= 0.3 is 0 Å². The summed E-state index contributed by atoms with van der Waals surface area (Å²) >= 11 is 6.08. The molecule has 0 spiro atoms. The molecule has 1 saturated heterocycles. The molecule has 3 rings (SSSR count). The van der Waals surface area contributed by atoms with E-state index >= 15 is 0 Å². The van der Waals surface area contributed by atoms with Crippen molar-refractivity contribution in [3.63, 3.8) is 0 Å². The van der Waals surface area contributed by atoms with Gasteiger partial charge in [-0.1, -0.05) is 29.8 Å². The van der Waals surface area contributed by atoms with E-state index in [1.165, 1.54) is 0 Å². The Hall–Kier alpha value is -2.57. The van der Waals surface area contributed by atoms with Crippen molar-refractivity contribution in [1.29, 1.82) is 0 Å². The highest BCUT2D eigenvalue weighted by Crippen LogP contribution is 2.21. The SMILES string of the molecule is Cc1cccc(NC(=O)CN(C)CC(=O)N2CCN(c3cccc(Cl)c3)CC2)c1C. The van der Waals surface area contributed by atoms with Crippen LogP contribution in [0.2, 0.25) is 5.02 Å². The number of amides is 2. The smallest absolute Gasteiger partial charge is 0.238 e. The Balaban J connectivity index is 1.45. The summed E-state index contributed by atoms with van der Waals surface area (Å²) in [6, 6.07) is 13.6. The van der Waals surface area contributed by atoms with Crippen LogP contribution in [-0.2, 0) is 9.59 Å². The average molecular weight is 429 g/mol. The molecule has 7 heteroatoms. The lowest BCUT2D eigenvalue weighted by Gasteiger charge is -2.36. The van der Waals surface area contributed by atoms with E-state index in [4.69, 9.17) is 11.6 Å². The lowest BCUT2D eigenvalue weighted by molar-refractivity contribution is -0.132. The Labute approximate surface area is 183 Å². The number of benzene rings is 2. The van der Waals surface area contributed by atoms with Crippen molar-refractivity contribution in [2.24, 2.45) is 0 Å². The zero-order valence-electron chi connectivity index (χ0n) is 17.8. The predicted octanol–water partition coefficient (Wildman–Crippen LogP) is 3.18. The van der Waals surface area contributed by atoms with E-state index in [0.29, 0.717) is 18.1 Å². The fraction of sp³-hybridized carbons (Fsp3) is 0.391.